The molecule has 6 nitrogen and oxygen atoms in total. The number of rotatable bonds is 7. The van der Waals surface area contributed by atoms with Crippen LogP contribution in [0.25, 0.3) is 5.69 Å². The first-order valence-electron chi connectivity index (χ1n) is 12.3. The molecule has 194 valence electrons. The van der Waals surface area contributed by atoms with Crippen LogP contribution in [0.15, 0.2) is 79.0 Å². The topological polar surface area (TPSA) is 62.2 Å². The van der Waals surface area contributed by atoms with Crippen molar-refractivity contribution in [3.63, 3.8) is 0 Å². The Balaban J connectivity index is 1.47. The van der Waals surface area contributed by atoms with Gasteiger partial charge in [-0.05, 0) is 86.2 Å². The van der Waals surface area contributed by atoms with Gasteiger partial charge >= 0.3 is 0 Å². The second-order valence-corrected chi connectivity index (χ2v) is 9.63. The Bertz CT molecular complexity index is 1470. The van der Waals surface area contributed by atoms with Crippen molar-refractivity contribution in [2.75, 3.05) is 11.9 Å². The zero-order valence-electron chi connectivity index (χ0n) is 21.0. The second-order valence-electron chi connectivity index (χ2n) is 9.24. The summed E-state index contributed by atoms with van der Waals surface area (Å²) < 4.78 is 29.9. The van der Waals surface area contributed by atoms with Gasteiger partial charge in [-0.3, -0.25) is 9.78 Å². The number of aryl methyl sites for hydroxylation is 1. The molecule has 4 aromatic rings. The molecule has 1 fully saturated rings. The Labute approximate surface area is 225 Å². The Morgan fingerprint density at radius 3 is 2.50 bits per heavy atom. The number of benzene rings is 2. The lowest BCUT2D eigenvalue weighted by Gasteiger charge is -2.28. The van der Waals surface area contributed by atoms with E-state index in [0.29, 0.717) is 23.0 Å². The molecule has 0 radical (unpaired) electrons. The number of para-hydroxylation sites is 1. The smallest absolute Gasteiger partial charge is 0.226 e. The highest BCUT2D eigenvalue weighted by Gasteiger charge is 2.41. The molecule has 1 aliphatic heterocycles. The first-order chi connectivity index (χ1) is 18.3. The number of hydrogen-bond donors (Lipinski definition) is 2. The van der Waals surface area contributed by atoms with Gasteiger partial charge in [0, 0.05) is 36.2 Å². The maximum Gasteiger partial charge on any atom is 0.226 e. The van der Waals surface area contributed by atoms with Crippen LogP contribution in [0.4, 0.5) is 14.5 Å². The molecule has 2 atom stereocenters. The molecule has 1 aliphatic rings. The summed E-state index contributed by atoms with van der Waals surface area (Å²) in [5.74, 6) is -0.888. The zero-order valence-corrected chi connectivity index (χ0v) is 21.8. The molecular weight excluding hydrogens is 504 g/mol. The molecule has 3 heterocycles. The van der Waals surface area contributed by atoms with E-state index in [1.54, 1.807) is 18.3 Å². The molecule has 2 aromatic carbocycles. The monoisotopic (exact) mass is 531 g/mol. The summed E-state index contributed by atoms with van der Waals surface area (Å²) in [5, 5.41) is 6.71. The number of pyridine rings is 1. The predicted molar refractivity (Wildman–Crippen MR) is 147 cm³/mol. The van der Waals surface area contributed by atoms with Crippen molar-refractivity contribution in [3.05, 3.63) is 113 Å². The van der Waals surface area contributed by atoms with Crippen LogP contribution in [0.5, 0.6) is 0 Å². The van der Waals surface area contributed by atoms with Crippen molar-refractivity contribution >= 4 is 28.9 Å². The molecule has 0 spiro atoms. The van der Waals surface area contributed by atoms with Gasteiger partial charge in [-0.1, -0.05) is 18.2 Å². The van der Waals surface area contributed by atoms with Gasteiger partial charge in [-0.15, -0.1) is 0 Å². The van der Waals surface area contributed by atoms with E-state index >= 15 is 0 Å². The lowest BCUT2D eigenvalue weighted by Crippen LogP contribution is -2.32. The fraction of sp³-hybridized carbons (Fsp3) is 0.207. The van der Waals surface area contributed by atoms with Crippen molar-refractivity contribution in [2.45, 2.75) is 32.4 Å². The minimum absolute atomic E-state index is 0.163. The number of aromatic nitrogens is 2. The van der Waals surface area contributed by atoms with Crippen LogP contribution in [-0.4, -0.2) is 32.0 Å². The van der Waals surface area contributed by atoms with E-state index in [0.717, 1.165) is 22.6 Å². The van der Waals surface area contributed by atoms with Gasteiger partial charge in [0.15, 0.2) is 5.11 Å². The third-order valence-electron chi connectivity index (χ3n) is 6.79. The molecule has 2 aromatic heterocycles. The van der Waals surface area contributed by atoms with Crippen molar-refractivity contribution in [3.8, 4) is 5.69 Å². The van der Waals surface area contributed by atoms with Gasteiger partial charge in [-0.25, -0.2) is 8.78 Å². The van der Waals surface area contributed by atoms with Gasteiger partial charge in [0.25, 0.3) is 0 Å². The fourth-order valence-corrected chi connectivity index (χ4v) is 5.39. The molecule has 9 heteroatoms. The van der Waals surface area contributed by atoms with Crippen LogP contribution < -0.4 is 10.6 Å². The molecule has 5 rings (SSSR count). The largest absolute Gasteiger partial charge is 0.352 e. The lowest BCUT2D eigenvalue weighted by molar-refractivity contribution is -0.116. The van der Waals surface area contributed by atoms with Crippen LogP contribution >= 0.6 is 12.2 Å². The SMILES string of the molecule is Cc1cc([C@H]2[C@@H](c3ccccn3)NC(=S)N2CCC(=O)Nc2ccc(F)cc2)c(C)n1-c1ccccc1F. The minimum Gasteiger partial charge on any atom is -0.352 e. The van der Waals surface area contributed by atoms with Crippen molar-refractivity contribution in [1.29, 1.82) is 0 Å². The molecule has 38 heavy (non-hydrogen) atoms. The standard InChI is InChI=1S/C29H27F2N5OS/c1-18-17-22(19(2)36(18)25-9-4-3-7-23(25)31)28-27(24-8-5-6-15-32-24)34-29(38)35(28)16-14-26(37)33-21-12-10-20(30)11-13-21/h3-13,15,17,27-28H,14,16H2,1-2H3,(H,33,37)(H,34,38)/t27-,28+/m1/s1. The van der Waals surface area contributed by atoms with E-state index in [9.17, 15) is 13.6 Å². The molecule has 0 bridgehead atoms. The quantitative estimate of drug-likeness (QED) is 0.297. The second kappa shape index (κ2) is 10.7. The average Bonchev–Trinajstić information content (AvgIpc) is 3.39. The predicted octanol–water partition coefficient (Wildman–Crippen LogP) is 5.77. The van der Waals surface area contributed by atoms with E-state index in [4.69, 9.17) is 12.2 Å². The molecule has 0 unspecified atom stereocenters. The minimum atomic E-state index is -0.368. The lowest BCUT2D eigenvalue weighted by atomic mass is 9.96. The summed E-state index contributed by atoms with van der Waals surface area (Å²) in [4.78, 5) is 19.3. The Kier molecular flexibility index (Phi) is 7.20. The van der Waals surface area contributed by atoms with Crippen LogP contribution in [0.3, 0.4) is 0 Å². The summed E-state index contributed by atoms with van der Waals surface area (Å²) in [6.45, 7) is 4.25. The number of halogens is 2. The molecule has 2 N–H and O–H groups in total. The summed E-state index contributed by atoms with van der Waals surface area (Å²) in [5.41, 5.74) is 4.54. The van der Waals surface area contributed by atoms with E-state index in [1.165, 1.54) is 30.3 Å². The van der Waals surface area contributed by atoms with Gasteiger partial charge < -0.3 is 20.1 Å². The molecular formula is C29H27F2N5OS. The normalized spacial score (nSPS) is 16.9. The number of carbonyl (C=O) groups is 1. The van der Waals surface area contributed by atoms with Crippen LogP contribution in [0.2, 0.25) is 0 Å². The maximum absolute atomic E-state index is 14.8. The number of thiocarbonyl (C=S) groups is 1. The Morgan fingerprint density at radius 2 is 1.79 bits per heavy atom. The number of carbonyl (C=O) groups excluding carboxylic acids is 1. The van der Waals surface area contributed by atoms with Crippen LogP contribution in [-0.2, 0) is 4.79 Å². The van der Waals surface area contributed by atoms with Crippen molar-refractivity contribution < 1.29 is 13.6 Å². The number of anilines is 1. The Morgan fingerprint density at radius 1 is 1.05 bits per heavy atom. The van der Waals surface area contributed by atoms with Crippen molar-refractivity contribution in [1.82, 2.24) is 19.8 Å². The first-order valence-corrected chi connectivity index (χ1v) is 12.7. The van der Waals surface area contributed by atoms with E-state index in [1.807, 2.05) is 53.6 Å². The van der Waals surface area contributed by atoms with Crippen molar-refractivity contribution in [2.24, 2.45) is 0 Å². The summed E-state index contributed by atoms with van der Waals surface area (Å²) in [6, 6.07) is 19.5. The number of hydrogen-bond acceptors (Lipinski definition) is 3. The molecule has 0 saturated carbocycles. The summed E-state index contributed by atoms with van der Waals surface area (Å²) in [6.07, 6.45) is 1.90. The number of nitrogens with one attached hydrogen (secondary N) is 2. The van der Waals surface area contributed by atoms with Gasteiger partial charge in [-0.2, -0.15) is 0 Å². The van der Waals surface area contributed by atoms with E-state index in [2.05, 4.69) is 15.6 Å². The highest BCUT2D eigenvalue weighted by molar-refractivity contribution is 7.80. The Hall–Kier alpha value is -4.11. The average molecular weight is 532 g/mol. The number of nitrogens with zero attached hydrogens (tertiary/aromatic N) is 3. The molecule has 1 saturated heterocycles. The highest BCUT2D eigenvalue weighted by Crippen LogP contribution is 2.41. The molecule has 1 amide bonds. The highest BCUT2D eigenvalue weighted by atomic mass is 32.1. The summed E-state index contributed by atoms with van der Waals surface area (Å²) in [7, 11) is 0. The van der Waals surface area contributed by atoms with Gasteiger partial charge in [0.05, 0.1) is 23.5 Å². The fourth-order valence-electron chi connectivity index (χ4n) is 5.05. The maximum atomic E-state index is 14.8. The number of amides is 1. The molecule has 0 aliphatic carbocycles. The summed E-state index contributed by atoms with van der Waals surface area (Å²) >= 11 is 5.73. The third-order valence-corrected chi connectivity index (χ3v) is 7.14. The third kappa shape index (κ3) is 5.02. The first kappa shape index (κ1) is 25.5. The van der Waals surface area contributed by atoms with Gasteiger partial charge in [0.1, 0.15) is 11.6 Å². The van der Waals surface area contributed by atoms with Gasteiger partial charge in [0.2, 0.25) is 5.91 Å². The zero-order chi connectivity index (χ0) is 26.8. The van der Waals surface area contributed by atoms with E-state index in [-0.39, 0.29) is 36.0 Å². The van der Waals surface area contributed by atoms with Crippen LogP contribution in [0.1, 0.15) is 41.1 Å². The van der Waals surface area contributed by atoms with E-state index < -0.39 is 0 Å². The van der Waals surface area contributed by atoms with Crippen LogP contribution in [0, 0.1) is 25.5 Å².